The van der Waals surface area contributed by atoms with Gasteiger partial charge in [0.25, 0.3) is 0 Å². The minimum Gasteiger partial charge on any atom is -0.425 e. The third kappa shape index (κ3) is 2.37. The highest BCUT2D eigenvalue weighted by Gasteiger charge is 2.50. The van der Waals surface area contributed by atoms with Gasteiger partial charge in [-0.1, -0.05) is 0 Å². The van der Waals surface area contributed by atoms with Crippen molar-refractivity contribution in [2.45, 2.75) is 43.8 Å². The number of ether oxygens (including phenoxy) is 2. The summed E-state index contributed by atoms with van der Waals surface area (Å²) >= 11 is 0. The van der Waals surface area contributed by atoms with Crippen molar-refractivity contribution < 1.29 is 28.8 Å². The van der Waals surface area contributed by atoms with Crippen LogP contribution in [0, 0.1) is 5.92 Å². The lowest BCUT2D eigenvalue weighted by Gasteiger charge is -2.35. The summed E-state index contributed by atoms with van der Waals surface area (Å²) in [5.41, 5.74) is -0.729. The van der Waals surface area contributed by atoms with E-state index in [1.807, 2.05) is 0 Å². The van der Waals surface area contributed by atoms with Gasteiger partial charge in [0.05, 0.1) is 12.7 Å². The van der Waals surface area contributed by atoms with Crippen molar-refractivity contribution in [3.8, 4) is 0 Å². The van der Waals surface area contributed by atoms with Crippen LogP contribution in [0.5, 0.6) is 0 Å². The Morgan fingerprint density at radius 1 is 1.47 bits per heavy atom. The van der Waals surface area contributed by atoms with Crippen LogP contribution in [0.4, 0.5) is 9.32 Å². The SMILES string of the molecule is O=C(OF)OC1(C2CCOC2CO)CCCC1. The number of rotatable bonds is 3. The number of hydrogen-bond donors (Lipinski definition) is 1. The summed E-state index contributed by atoms with van der Waals surface area (Å²) in [4.78, 5) is 14.1. The normalized spacial score (nSPS) is 31.4. The van der Waals surface area contributed by atoms with E-state index in [-0.39, 0.29) is 18.6 Å². The summed E-state index contributed by atoms with van der Waals surface area (Å²) in [5, 5.41) is 9.23. The van der Waals surface area contributed by atoms with Crippen molar-refractivity contribution in [1.82, 2.24) is 0 Å². The molecule has 0 aromatic heterocycles. The standard InChI is InChI=1S/C11H17FO5/c12-17-10(14)16-11(4-1-2-5-11)8-3-6-15-9(8)7-13/h8-9,13H,1-7H2. The van der Waals surface area contributed by atoms with Gasteiger partial charge >= 0.3 is 6.16 Å². The smallest absolute Gasteiger partial charge is 0.425 e. The molecular formula is C11H17FO5. The zero-order valence-electron chi connectivity index (χ0n) is 9.56. The molecule has 0 radical (unpaired) electrons. The second-order valence-corrected chi connectivity index (χ2v) is 4.69. The molecule has 1 saturated heterocycles. The number of carbonyl (C=O) groups excluding carboxylic acids is 1. The van der Waals surface area contributed by atoms with Crippen LogP contribution in [-0.4, -0.2) is 36.2 Å². The molecule has 1 heterocycles. The fourth-order valence-electron chi connectivity index (χ4n) is 3.13. The average Bonchev–Trinajstić information content (AvgIpc) is 2.96. The monoisotopic (exact) mass is 248 g/mol. The lowest BCUT2D eigenvalue weighted by atomic mass is 9.81. The van der Waals surface area contributed by atoms with Gasteiger partial charge < -0.3 is 14.6 Å². The first kappa shape index (κ1) is 12.6. The van der Waals surface area contributed by atoms with E-state index in [0.717, 1.165) is 12.8 Å². The van der Waals surface area contributed by atoms with E-state index in [9.17, 15) is 14.4 Å². The van der Waals surface area contributed by atoms with Crippen molar-refractivity contribution in [3.63, 3.8) is 0 Å². The molecule has 2 rings (SSSR count). The molecule has 2 fully saturated rings. The first-order valence-corrected chi connectivity index (χ1v) is 5.96. The molecule has 17 heavy (non-hydrogen) atoms. The Balaban J connectivity index is 2.12. The van der Waals surface area contributed by atoms with Gasteiger partial charge in [0, 0.05) is 17.1 Å². The van der Waals surface area contributed by atoms with Gasteiger partial charge in [-0.2, -0.15) is 0 Å². The van der Waals surface area contributed by atoms with Crippen LogP contribution in [0.15, 0.2) is 0 Å². The maximum absolute atomic E-state index is 11.8. The van der Waals surface area contributed by atoms with Gasteiger partial charge in [0.2, 0.25) is 0 Å². The molecule has 1 aliphatic heterocycles. The molecule has 1 saturated carbocycles. The largest absolute Gasteiger partial charge is 0.545 e. The molecule has 0 bridgehead atoms. The number of carbonyl (C=O) groups is 1. The molecule has 2 aliphatic rings. The van der Waals surface area contributed by atoms with E-state index in [4.69, 9.17) is 9.47 Å². The highest BCUT2D eigenvalue weighted by Crippen LogP contribution is 2.45. The first-order chi connectivity index (χ1) is 8.22. The van der Waals surface area contributed by atoms with E-state index in [1.165, 1.54) is 0 Å². The van der Waals surface area contributed by atoms with Gasteiger partial charge in [-0.3, -0.25) is 0 Å². The highest BCUT2D eigenvalue weighted by atomic mass is 19.3. The Kier molecular flexibility index (Phi) is 3.83. The molecule has 0 spiro atoms. The van der Waals surface area contributed by atoms with Crippen molar-refractivity contribution in [3.05, 3.63) is 0 Å². The molecule has 98 valence electrons. The molecule has 0 aromatic carbocycles. The number of aliphatic hydroxyl groups excluding tert-OH is 1. The Hall–Kier alpha value is -0.880. The lowest BCUT2D eigenvalue weighted by molar-refractivity contribution is -0.148. The summed E-state index contributed by atoms with van der Waals surface area (Å²) in [5.74, 6) is -0.0749. The van der Waals surface area contributed by atoms with E-state index in [1.54, 1.807) is 0 Å². The molecule has 0 amide bonds. The molecule has 6 heteroatoms. The molecule has 2 atom stereocenters. The minimum absolute atomic E-state index is 0.0749. The van der Waals surface area contributed by atoms with Gasteiger partial charge in [0.1, 0.15) is 5.60 Å². The Morgan fingerprint density at radius 3 is 2.76 bits per heavy atom. The van der Waals surface area contributed by atoms with Gasteiger partial charge in [-0.25, -0.2) is 9.74 Å². The van der Waals surface area contributed by atoms with Crippen LogP contribution in [0.3, 0.4) is 0 Å². The summed E-state index contributed by atoms with van der Waals surface area (Å²) in [6, 6.07) is 0. The predicted octanol–water partition coefficient (Wildman–Crippen LogP) is 1.73. The van der Waals surface area contributed by atoms with Crippen LogP contribution in [0.25, 0.3) is 0 Å². The fraction of sp³-hybridized carbons (Fsp3) is 0.909. The van der Waals surface area contributed by atoms with E-state index in [0.29, 0.717) is 25.9 Å². The highest BCUT2D eigenvalue weighted by molar-refractivity contribution is 5.59. The maximum Gasteiger partial charge on any atom is 0.545 e. The second-order valence-electron chi connectivity index (χ2n) is 4.69. The van der Waals surface area contributed by atoms with Crippen molar-refractivity contribution in [2.75, 3.05) is 13.2 Å². The molecule has 2 unspecified atom stereocenters. The van der Waals surface area contributed by atoms with E-state index >= 15 is 0 Å². The quantitative estimate of drug-likeness (QED) is 0.770. The van der Waals surface area contributed by atoms with Crippen LogP contribution in [0.1, 0.15) is 32.1 Å². The molecule has 1 N–H and O–H groups in total. The number of aliphatic hydroxyl groups is 1. The van der Waals surface area contributed by atoms with Crippen LogP contribution >= 0.6 is 0 Å². The summed E-state index contributed by atoms with van der Waals surface area (Å²) in [6.45, 7) is 0.423. The van der Waals surface area contributed by atoms with Crippen molar-refractivity contribution in [1.29, 1.82) is 0 Å². The summed E-state index contributed by atoms with van der Waals surface area (Å²) in [7, 11) is 0. The van der Waals surface area contributed by atoms with Crippen LogP contribution < -0.4 is 0 Å². The topological polar surface area (TPSA) is 65.0 Å². The molecule has 5 nitrogen and oxygen atoms in total. The zero-order valence-corrected chi connectivity index (χ0v) is 9.56. The van der Waals surface area contributed by atoms with E-state index < -0.39 is 11.8 Å². The minimum atomic E-state index is -1.30. The zero-order chi connectivity index (χ0) is 12.3. The number of hydrogen-bond acceptors (Lipinski definition) is 5. The third-order valence-electron chi connectivity index (χ3n) is 3.86. The molecule has 1 aliphatic carbocycles. The lowest BCUT2D eigenvalue weighted by Crippen LogP contribution is -2.44. The maximum atomic E-state index is 11.8. The van der Waals surface area contributed by atoms with Gasteiger partial charge in [-0.05, 0) is 32.1 Å². The fourth-order valence-corrected chi connectivity index (χ4v) is 3.13. The molecular weight excluding hydrogens is 231 g/mol. The van der Waals surface area contributed by atoms with Crippen LogP contribution in [0.2, 0.25) is 0 Å². The summed E-state index contributed by atoms with van der Waals surface area (Å²) < 4.78 is 22.3. The third-order valence-corrected chi connectivity index (χ3v) is 3.86. The average molecular weight is 248 g/mol. The Morgan fingerprint density at radius 2 is 2.18 bits per heavy atom. The summed E-state index contributed by atoms with van der Waals surface area (Å²) in [6.07, 6.45) is 2.28. The predicted molar refractivity (Wildman–Crippen MR) is 54.8 cm³/mol. The Labute approximate surface area is 98.7 Å². The van der Waals surface area contributed by atoms with Crippen LogP contribution in [-0.2, 0) is 14.4 Å². The van der Waals surface area contributed by atoms with Gasteiger partial charge in [0.15, 0.2) is 0 Å². The van der Waals surface area contributed by atoms with E-state index in [2.05, 4.69) is 4.94 Å². The second kappa shape index (κ2) is 5.18. The molecule has 0 aromatic rings. The van der Waals surface area contributed by atoms with Crippen molar-refractivity contribution >= 4 is 6.16 Å². The first-order valence-electron chi connectivity index (χ1n) is 5.96. The van der Waals surface area contributed by atoms with Gasteiger partial charge in [-0.15, -0.1) is 0 Å². The van der Waals surface area contributed by atoms with Crippen molar-refractivity contribution in [2.24, 2.45) is 5.92 Å². The Bertz CT molecular complexity index is 277. The number of halogens is 1.